The fourth-order valence-electron chi connectivity index (χ4n) is 4.91. The van der Waals surface area contributed by atoms with Gasteiger partial charge in [0.1, 0.15) is 17.2 Å². The molecule has 1 aliphatic heterocycles. The van der Waals surface area contributed by atoms with E-state index in [-0.39, 0.29) is 34.0 Å². The maximum absolute atomic E-state index is 14.0. The monoisotopic (exact) mass is 511 g/mol. The van der Waals surface area contributed by atoms with Gasteiger partial charge in [0.25, 0.3) is 11.5 Å². The van der Waals surface area contributed by atoms with Crippen molar-refractivity contribution in [1.29, 1.82) is 0 Å². The van der Waals surface area contributed by atoms with Crippen LogP contribution in [0.1, 0.15) is 41.3 Å². The summed E-state index contributed by atoms with van der Waals surface area (Å²) >= 11 is 5.78. The number of nitrogens with one attached hydrogen (secondary N) is 2. The zero-order chi connectivity index (χ0) is 25.8. The lowest BCUT2D eigenvalue weighted by Gasteiger charge is -2.49. The number of aromatic amines is 1. The molecule has 4 aromatic rings. The number of likely N-dealkylation sites (N-methyl/N-ethyl adjacent to an activating group) is 1. The van der Waals surface area contributed by atoms with Crippen molar-refractivity contribution in [2.45, 2.75) is 25.3 Å². The van der Waals surface area contributed by atoms with Crippen molar-refractivity contribution in [3.8, 4) is 11.4 Å². The van der Waals surface area contributed by atoms with E-state index in [0.717, 1.165) is 5.56 Å². The number of halogens is 3. The molecular formula is C26H24ClF2N5O2. The Labute approximate surface area is 210 Å². The van der Waals surface area contributed by atoms with Crippen LogP contribution in [0, 0.1) is 11.6 Å². The molecule has 186 valence electrons. The number of nitrogens with zero attached hydrogens (tertiary/aromatic N) is 3. The minimum atomic E-state index is -0.687. The highest BCUT2D eigenvalue weighted by Gasteiger charge is 2.44. The molecule has 0 bridgehead atoms. The molecule has 0 spiro atoms. The standard InChI is InChI=1S/C26H24ClF2N5O2/c1-14(2)21-18(24(35)31-26(12-33(3)13-26)16-5-7-17(28)8-6-16)11-34-22(21)25(36)30-23(32-34)15-4-9-19(27)20(29)10-15/h4-11,14H,12-13H2,1-3H3,(H,31,35)(H,30,32,36). The smallest absolute Gasteiger partial charge is 0.275 e. The lowest BCUT2D eigenvalue weighted by atomic mass is 9.82. The summed E-state index contributed by atoms with van der Waals surface area (Å²) in [7, 11) is 1.94. The molecule has 2 N–H and O–H groups in total. The van der Waals surface area contributed by atoms with E-state index in [1.165, 1.54) is 35.0 Å². The molecule has 0 saturated carbocycles. The second-order valence-corrected chi connectivity index (χ2v) is 9.96. The summed E-state index contributed by atoms with van der Waals surface area (Å²) in [5.41, 5.74) is 1.12. The van der Waals surface area contributed by atoms with Crippen molar-refractivity contribution in [3.05, 3.63) is 92.4 Å². The first-order chi connectivity index (χ1) is 17.1. The number of carbonyl (C=O) groups is 1. The molecule has 5 rings (SSSR count). The molecule has 3 heterocycles. The lowest BCUT2D eigenvalue weighted by molar-refractivity contribution is 0.0510. The maximum Gasteiger partial charge on any atom is 0.275 e. The molecule has 0 unspecified atom stereocenters. The van der Waals surface area contributed by atoms with Gasteiger partial charge in [-0.1, -0.05) is 37.6 Å². The van der Waals surface area contributed by atoms with Gasteiger partial charge < -0.3 is 15.2 Å². The Hall–Kier alpha value is -3.56. The summed E-state index contributed by atoms with van der Waals surface area (Å²) in [6, 6.07) is 10.2. The molecule has 2 aromatic carbocycles. The zero-order valence-electron chi connectivity index (χ0n) is 19.9. The highest BCUT2D eigenvalue weighted by Crippen LogP contribution is 2.33. The normalized spacial score (nSPS) is 15.3. The molecule has 0 atom stereocenters. The first kappa shape index (κ1) is 24.1. The van der Waals surface area contributed by atoms with Crippen LogP contribution in [-0.2, 0) is 5.54 Å². The summed E-state index contributed by atoms with van der Waals surface area (Å²) in [5, 5.41) is 7.54. The Balaban J connectivity index is 1.58. The van der Waals surface area contributed by atoms with E-state index in [1.807, 2.05) is 25.8 Å². The summed E-state index contributed by atoms with van der Waals surface area (Å²) in [6.45, 7) is 4.89. The number of carbonyl (C=O) groups excluding carboxylic acids is 1. The summed E-state index contributed by atoms with van der Waals surface area (Å²) in [5.74, 6) is -1.37. The SMILES string of the molecule is CC(C)c1c(C(=O)NC2(c3ccc(F)cc3)CN(C)C2)cn2nc(-c3ccc(Cl)c(F)c3)[nH]c(=O)c12. The van der Waals surface area contributed by atoms with Gasteiger partial charge in [-0.3, -0.25) is 9.59 Å². The van der Waals surface area contributed by atoms with Crippen LogP contribution >= 0.6 is 11.6 Å². The van der Waals surface area contributed by atoms with E-state index in [0.29, 0.717) is 29.8 Å². The van der Waals surface area contributed by atoms with E-state index in [1.54, 1.807) is 18.2 Å². The van der Waals surface area contributed by atoms with Gasteiger partial charge in [-0.05, 0) is 48.9 Å². The first-order valence-corrected chi connectivity index (χ1v) is 11.8. The molecule has 1 aliphatic rings. The number of likely N-dealkylation sites (tertiary alicyclic amines) is 1. The van der Waals surface area contributed by atoms with Crippen molar-refractivity contribution in [2.24, 2.45) is 0 Å². The van der Waals surface area contributed by atoms with Crippen molar-refractivity contribution in [1.82, 2.24) is 24.8 Å². The van der Waals surface area contributed by atoms with Crippen molar-refractivity contribution >= 4 is 23.0 Å². The minimum absolute atomic E-state index is 0.0408. The number of rotatable bonds is 5. The van der Waals surface area contributed by atoms with Crippen LogP contribution in [0.5, 0.6) is 0 Å². The maximum atomic E-state index is 14.0. The van der Waals surface area contributed by atoms with Crippen molar-refractivity contribution < 1.29 is 13.6 Å². The average molecular weight is 512 g/mol. The topological polar surface area (TPSA) is 82.5 Å². The Morgan fingerprint density at radius 3 is 2.47 bits per heavy atom. The van der Waals surface area contributed by atoms with E-state index >= 15 is 0 Å². The number of amides is 1. The summed E-state index contributed by atoms with van der Waals surface area (Å²) in [6.07, 6.45) is 1.52. The first-order valence-electron chi connectivity index (χ1n) is 11.5. The van der Waals surface area contributed by atoms with Crippen LogP contribution in [0.15, 0.2) is 53.5 Å². The molecule has 1 fully saturated rings. The predicted octanol–water partition coefficient (Wildman–Crippen LogP) is 4.32. The van der Waals surface area contributed by atoms with E-state index in [2.05, 4.69) is 15.4 Å². The fraction of sp³-hybridized carbons (Fsp3) is 0.269. The Morgan fingerprint density at radius 2 is 1.86 bits per heavy atom. The second-order valence-electron chi connectivity index (χ2n) is 9.55. The van der Waals surface area contributed by atoms with Crippen LogP contribution < -0.4 is 10.9 Å². The Bertz CT molecular complexity index is 1540. The Morgan fingerprint density at radius 1 is 1.17 bits per heavy atom. The van der Waals surface area contributed by atoms with Gasteiger partial charge in [0.15, 0.2) is 5.82 Å². The lowest BCUT2D eigenvalue weighted by Crippen LogP contribution is -2.66. The summed E-state index contributed by atoms with van der Waals surface area (Å²) < 4.78 is 28.9. The molecular weight excluding hydrogens is 488 g/mol. The van der Waals surface area contributed by atoms with Crippen LogP contribution in [0.4, 0.5) is 8.78 Å². The van der Waals surface area contributed by atoms with E-state index in [9.17, 15) is 18.4 Å². The van der Waals surface area contributed by atoms with Crippen LogP contribution in [0.2, 0.25) is 5.02 Å². The molecule has 1 saturated heterocycles. The number of benzene rings is 2. The zero-order valence-corrected chi connectivity index (χ0v) is 20.7. The number of hydrogen-bond donors (Lipinski definition) is 2. The number of aromatic nitrogens is 3. The van der Waals surface area contributed by atoms with Crippen molar-refractivity contribution in [2.75, 3.05) is 20.1 Å². The highest BCUT2D eigenvalue weighted by atomic mass is 35.5. The number of fused-ring (bicyclic) bond motifs is 1. The average Bonchev–Trinajstić information content (AvgIpc) is 3.21. The minimum Gasteiger partial charge on any atom is -0.340 e. The number of hydrogen-bond acceptors (Lipinski definition) is 4. The van der Waals surface area contributed by atoms with Gasteiger partial charge in [0.05, 0.1) is 16.1 Å². The molecule has 0 aliphatic carbocycles. The largest absolute Gasteiger partial charge is 0.340 e. The van der Waals surface area contributed by atoms with Gasteiger partial charge in [-0.2, -0.15) is 0 Å². The summed E-state index contributed by atoms with van der Waals surface area (Å²) in [4.78, 5) is 31.5. The highest BCUT2D eigenvalue weighted by molar-refractivity contribution is 6.30. The van der Waals surface area contributed by atoms with Crippen LogP contribution in [0.3, 0.4) is 0 Å². The molecule has 10 heteroatoms. The quantitative estimate of drug-likeness (QED) is 0.418. The predicted molar refractivity (Wildman–Crippen MR) is 133 cm³/mol. The van der Waals surface area contributed by atoms with E-state index in [4.69, 9.17) is 11.6 Å². The van der Waals surface area contributed by atoms with Gasteiger partial charge in [0.2, 0.25) is 0 Å². The van der Waals surface area contributed by atoms with Crippen molar-refractivity contribution in [3.63, 3.8) is 0 Å². The number of H-pyrrole nitrogens is 1. The third kappa shape index (κ3) is 4.08. The van der Waals surface area contributed by atoms with Gasteiger partial charge in [0, 0.05) is 30.4 Å². The molecule has 0 radical (unpaired) electrons. The van der Waals surface area contributed by atoms with Gasteiger partial charge in [-0.25, -0.2) is 13.3 Å². The molecule has 7 nitrogen and oxygen atoms in total. The molecule has 36 heavy (non-hydrogen) atoms. The molecule has 2 aromatic heterocycles. The second kappa shape index (κ2) is 8.83. The van der Waals surface area contributed by atoms with Gasteiger partial charge in [-0.15, -0.1) is 5.10 Å². The van der Waals surface area contributed by atoms with Crippen LogP contribution in [-0.4, -0.2) is 45.5 Å². The third-order valence-electron chi connectivity index (χ3n) is 6.52. The van der Waals surface area contributed by atoms with Crippen LogP contribution in [0.25, 0.3) is 16.9 Å². The van der Waals surface area contributed by atoms with E-state index < -0.39 is 16.9 Å². The Kier molecular flexibility index (Phi) is 5.92. The fourth-order valence-corrected chi connectivity index (χ4v) is 5.03. The van der Waals surface area contributed by atoms with Gasteiger partial charge >= 0.3 is 0 Å². The molecule has 1 amide bonds. The third-order valence-corrected chi connectivity index (χ3v) is 6.83.